The summed E-state index contributed by atoms with van der Waals surface area (Å²) in [4.78, 5) is 0. The number of nitrogens with zero attached hydrogens (tertiary/aromatic N) is 1. The van der Waals surface area contributed by atoms with Crippen LogP contribution in [-0.4, -0.2) is 21.5 Å². The minimum absolute atomic E-state index is 0.318. The molecule has 0 aliphatic carbocycles. The molecule has 4 heteroatoms. The van der Waals surface area contributed by atoms with Crippen molar-refractivity contribution in [2.45, 2.75) is 44.1 Å². The predicted molar refractivity (Wildman–Crippen MR) is 54.8 cm³/mol. The lowest BCUT2D eigenvalue weighted by atomic mass is 10.3. The fourth-order valence-corrected chi connectivity index (χ4v) is 2.13. The van der Waals surface area contributed by atoms with E-state index in [2.05, 4.69) is 25.9 Å². The third-order valence-corrected chi connectivity index (χ3v) is 3.09. The summed E-state index contributed by atoms with van der Waals surface area (Å²) >= 11 is 1.87. The maximum absolute atomic E-state index is 8.33. The highest BCUT2D eigenvalue weighted by Gasteiger charge is 2.09. The molecule has 2 atom stereocenters. The number of hydrogen-bond acceptors (Lipinski definition) is 3. The van der Waals surface area contributed by atoms with E-state index in [1.54, 1.807) is 0 Å². The van der Waals surface area contributed by atoms with Crippen LogP contribution in [0.4, 0.5) is 0 Å². The molecular formula is C8H18N2OS. The molecule has 0 heterocycles. The minimum Gasteiger partial charge on any atom is -0.409 e. The smallest absolute Gasteiger partial charge is 0.140 e. The van der Waals surface area contributed by atoms with Crippen LogP contribution in [0.5, 0.6) is 0 Å². The molecule has 0 aromatic heterocycles. The van der Waals surface area contributed by atoms with Gasteiger partial charge in [-0.25, -0.2) is 0 Å². The second-order valence-electron chi connectivity index (χ2n) is 2.96. The van der Waals surface area contributed by atoms with Gasteiger partial charge in [-0.2, -0.15) is 11.8 Å². The molecule has 0 aliphatic heterocycles. The Bertz CT molecular complexity index is 150. The van der Waals surface area contributed by atoms with Gasteiger partial charge in [0.1, 0.15) is 5.84 Å². The highest BCUT2D eigenvalue weighted by atomic mass is 32.2. The van der Waals surface area contributed by atoms with Gasteiger partial charge < -0.3 is 10.9 Å². The van der Waals surface area contributed by atoms with Gasteiger partial charge in [-0.15, -0.1) is 0 Å². The van der Waals surface area contributed by atoms with Gasteiger partial charge in [-0.1, -0.05) is 25.9 Å². The summed E-state index contributed by atoms with van der Waals surface area (Å²) in [5, 5.41) is 12.3. The van der Waals surface area contributed by atoms with Crippen LogP contribution in [0.1, 0.15) is 33.6 Å². The summed E-state index contributed by atoms with van der Waals surface area (Å²) < 4.78 is 0. The second kappa shape index (κ2) is 6.17. The van der Waals surface area contributed by atoms with Crippen LogP contribution >= 0.6 is 11.8 Å². The third-order valence-electron chi connectivity index (χ3n) is 1.66. The van der Waals surface area contributed by atoms with Crippen molar-refractivity contribution in [1.82, 2.24) is 0 Å². The van der Waals surface area contributed by atoms with Crippen molar-refractivity contribution in [3.05, 3.63) is 0 Å². The molecule has 0 amide bonds. The summed E-state index contributed by atoms with van der Waals surface area (Å²) in [6.45, 7) is 6.44. The van der Waals surface area contributed by atoms with E-state index in [0.29, 0.717) is 22.8 Å². The molecule has 0 rings (SSSR count). The van der Waals surface area contributed by atoms with E-state index >= 15 is 0 Å². The number of thioether (sulfide) groups is 1. The highest BCUT2D eigenvalue weighted by Crippen LogP contribution is 2.21. The van der Waals surface area contributed by atoms with Crippen molar-refractivity contribution in [2.75, 3.05) is 0 Å². The number of amidine groups is 1. The lowest BCUT2D eigenvalue weighted by Gasteiger charge is -2.14. The van der Waals surface area contributed by atoms with Crippen molar-refractivity contribution in [2.24, 2.45) is 10.9 Å². The number of hydrogen-bond donors (Lipinski definition) is 2. The summed E-state index contributed by atoms with van der Waals surface area (Å²) in [6, 6.07) is 0. The molecule has 72 valence electrons. The Morgan fingerprint density at radius 3 is 2.50 bits per heavy atom. The van der Waals surface area contributed by atoms with Gasteiger partial charge in [-0.3, -0.25) is 0 Å². The molecule has 0 radical (unpaired) electrons. The quantitative estimate of drug-likeness (QED) is 0.302. The molecule has 3 nitrogen and oxygen atoms in total. The Labute approximate surface area is 78.4 Å². The van der Waals surface area contributed by atoms with E-state index in [9.17, 15) is 0 Å². The second-order valence-corrected chi connectivity index (χ2v) is 4.84. The van der Waals surface area contributed by atoms with Crippen molar-refractivity contribution in [1.29, 1.82) is 0 Å². The van der Waals surface area contributed by atoms with Crippen molar-refractivity contribution in [3.8, 4) is 0 Å². The summed E-state index contributed by atoms with van der Waals surface area (Å²) in [7, 11) is 0. The van der Waals surface area contributed by atoms with Gasteiger partial charge in [0, 0.05) is 16.9 Å². The molecule has 2 unspecified atom stereocenters. The molecule has 3 N–H and O–H groups in total. The Morgan fingerprint density at radius 2 is 2.08 bits per heavy atom. The van der Waals surface area contributed by atoms with E-state index in [1.807, 2.05) is 11.8 Å². The number of rotatable bonds is 5. The van der Waals surface area contributed by atoms with Crippen molar-refractivity contribution >= 4 is 17.6 Å². The Morgan fingerprint density at radius 1 is 1.50 bits per heavy atom. The van der Waals surface area contributed by atoms with E-state index in [-0.39, 0.29) is 0 Å². The van der Waals surface area contributed by atoms with Gasteiger partial charge in [0.15, 0.2) is 0 Å². The molecule has 0 aliphatic rings. The Hall–Kier alpha value is -0.380. The van der Waals surface area contributed by atoms with Gasteiger partial charge in [-0.05, 0) is 6.42 Å². The molecule has 12 heavy (non-hydrogen) atoms. The zero-order valence-corrected chi connectivity index (χ0v) is 8.77. The molecule has 0 saturated carbocycles. The molecular weight excluding hydrogens is 172 g/mol. The van der Waals surface area contributed by atoms with Crippen LogP contribution in [0.15, 0.2) is 5.16 Å². The van der Waals surface area contributed by atoms with Crippen molar-refractivity contribution in [3.63, 3.8) is 0 Å². The molecule has 0 saturated heterocycles. The van der Waals surface area contributed by atoms with Crippen molar-refractivity contribution < 1.29 is 5.21 Å². The Balaban J connectivity index is 3.66. The largest absolute Gasteiger partial charge is 0.409 e. The summed E-state index contributed by atoms with van der Waals surface area (Å²) in [5.74, 6) is 0.318. The van der Waals surface area contributed by atoms with E-state index in [0.717, 1.165) is 6.42 Å². The SMILES string of the molecule is CCC(C)SC(C)CC(N)=NO. The number of oxime groups is 1. The average molecular weight is 190 g/mol. The predicted octanol–water partition coefficient (Wildman–Crippen LogP) is 2.04. The maximum Gasteiger partial charge on any atom is 0.140 e. The molecule has 0 aromatic rings. The third kappa shape index (κ3) is 5.29. The first-order valence-corrected chi connectivity index (χ1v) is 5.16. The highest BCUT2D eigenvalue weighted by molar-refractivity contribution is 8.00. The minimum atomic E-state index is 0.318. The van der Waals surface area contributed by atoms with Crippen LogP contribution < -0.4 is 5.73 Å². The monoisotopic (exact) mass is 190 g/mol. The first-order valence-electron chi connectivity index (χ1n) is 4.22. The lowest BCUT2D eigenvalue weighted by molar-refractivity contribution is 0.317. The van der Waals surface area contributed by atoms with Gasteiger partial charge in [0.05, 0.1) is 0 Å². The molecule has 0 aromatic carbocycles. The average Bonchev–Trinajstić information content (AvgIpc) is 2.03. The zero-order chi connectivity index (χ0) is 9.56. The standard InChI is InChI=1S/C8H18N2OS/c1-4-6(2)12-7(3)5-8(9)10-11/h6-7,11H,4-5H2,1-3H3,(H2,9,10). The summed E-state index contributed by atoms with van der Waals surface area (Å²) in [6.07, 6.45) is 1.82. The maximum atomic E-state index is 8.33. The van der Waals surface area contributed by atoms with Crippen LogP contribution in [-0.2, 0) is 0 Å². The van der Waals surface area contributed by atoms with Crippen LogP contribution in [0.2, 0.25) is 0 Å². The van der Waals surface area contributed by atoms with E-state index in [4.69, 9.17) is 10.9 Å². The fraction of sp³-hybridized carbons (Fsp3) is 0.875. The van der Waals surface area contributed by atoms with E-state index < -0.39 is 0 Å². The van der Waals surface area contributed by atoms with Gasteiger partial charge in [0.2, 0.25) is 0 Å². The van der Waals surface area contributed by atoms with Gasteiger partial charge >= 0.3 is 0 Å². The zero-order valence-electron chi connectivity index (χ0n) is 7.95. The van der Waals surface area contributed by atoms with Crippen LogP contribution in [0, 0.1) is 0 Å². The van der Waals surface area contributed by atoms with Crippen LogP contribution in [0.3, 0.4) is 0 Å². The van der Waals surface area contributed by atoms with E-state index in [1.165, 1.54) is 0 Å². The lowest BCUT2D eigenvalue weighted by Crippen LogP contribution is -2.18. The molecule has 0 spiro atoms. The molecule has 0 bridgehead atoms. The fourth-order valence-electron chi connectivity index (χ4n) is 0.876. The van der Waals surface area contributed by atoms with Gasteiger partial charge in [0.25, 0.3) is 0 Å². The summed E-state index contributed by atoms with van der Waals surface area (Å²) in [5.41, 5.74) is 5.38. The first kappa shape index (κ1) is 11.6. The van der Waals surface area contributed by atoms with Crippen LogP contribution in [0.25, 0.3) is 0 Å². The normalized spacial score (nSPS) is 17.4. The molecule has 0 fully saturated rings. The first-order chi connectivity index (χ1) is 5.60. The number of nitrogens with two attached hydrogens (primary N) is 1. The Kier molecular flexibility index (Phi) is 5.98. The topological polar surface area (TPSA) is 58.6 Å².